The number of aliphatic imine (C=N–C) groups is 1. The summed E-state index contributed by atoms with van der Waals surface area (Å²) in [7, 11) is 1.72. The smallest absolute Gasteiger partial charge is 0.191 e. The largest absolute Gasteiger partial charge is 0.496 e. The number of benzene rings is 1. The number of nitrogens with one attached hydrogen (secondary N) is 2. The Morgan fingerprint density at radius 3 is 2.77 bits per heavy atom. The lowest BCUT2D eigenvalue weighted by molar-refractivity contribution is 0.409. The van der Waals surface area contributed by atoms with Gasteiger partial charge in [-0.1, -0.05) is 24.6 Å². The van der Waals surface area contributed by atoms with Crippen LogP contribution in [-0.2, 0) is 19.3 Å². The van der Waals surface area contributed by atoms with Gasteiger partial charge in [-0.15, -0.1) is 11.3 Å². The average Bonchev–Trinajstić information content (AvgIpc) is 3.10. The van der Waals surface area contributed by atoms with Crippen LogP contribution in [0.3, 0.4) is 0 Å². The molecule has 0 atom stereocenters. The lowest BCUT2D eigenvalue weighted by Crippen LogP contribution is -2.38. The molecule has 1 aromatic heterocycles. The normalized spacial score (nSPS) is 11.5. The fourth-order valence-electron chi connectivity index (χ4n) is 2.65. The van der Waals surface area contributed by atoms with Gasteiger partial charge in [0.25, 0.3) is 0 Å². The number of nitrogens with zero attached hydrogens (tertiary/aromatic N) is 2. The second kappa shape index (κ2) is 10.8. The molecule has 0 saturated heterocycles. The van der Waals surface area contributed by atoms with E-state index in [0.29, 0.717) is 0 Å². The van der Waals surface area contributed by atoms with Crippen molar-refractivity contribution in [3.63, 3.8) is 0 Å². The summed E-state index contributed by atoms with van der Waals surface area (Å²) in [5, 5.41) is 7.87. The van der Waals surface area contributed by atoms with Crippen LogP contribution in [0.4, 0.5) is 0 Å². The summed E-state index contributed by atoms with van der Waals surface area (Å²) in [6, 6.07) is 6.28. The molecule has 0 aliphatic carbocycles. The molecule has 6 heteroatoms. The summed E-state index contributed by atoms with van der Waals surface area (Å²) in [6.07, 6.45) is 4.80. The van der Waals surface area contributed by atoms with Crippen molar-refractivity contribution in [2.45, 2.75) is 40.0 Å². The number of methoxy groups -OCH3 is 1. The van der Waals surface area contributed by atoms with Gasteiger partial charge in [0, 0.05) is 37.1 Å². The zero-order chi connectivity index (χ0) is 18.8. The van der Waals surface area contributed by atoms with Gasteiger partial charge in [0.15, 0.2) is 5.96 Å². The molecule has 5 nitrogen and oxygen atoms in total. The summed E-state index contributed by atoms with van der Waals surface area (Å²) in [6.45, 7) is 8.73. The van der Waals surface area contributed by atoms with Gasteiger partial charge in [-0.25, -0.2) is 4.98 Å². The van der Waals surface area contributed by atoms with Crippen LogP contribution >= 0.6 is 11.3 Å². The quantitative estimate of drug-likeness (QED) is 0.522. The fourth-order valence-corrected chi connectivity index (χ4v) is 3.50. The van der Waals surface area contributed by atoms with Crippen molar-refractivity contribution < 1.29 is 4.74 Å². The number of thiazole rings is 1. The van der Waals surface area contributed by atoms with Crippen LogP contribution in [0.2, 0.25) is 0 Å². The lowest BCUT2D eigenvalue weighted by Gasteiger charge is -2.13. The molecule has 0 radical (unpaired) electrons. The Hall–Kier alpha value is -2.08. The van der Waals surface area contributed by atoms with Gasteiger partial charge in [-0.2, -0.15) is 0 Å². The van der Waals surface area contributed by atoms with E-state index in [1.807, 2.05) is 12.3 Å². The molecule has 1 aromatic carbocycles. The second-order valence-electron chi connectivity index (χ2n) is 6.08. The van der Waals surface area contributed by atoms with Crippen molar-refractivity contribution >= 4 is 17.3 Å². The fraction of sp³-hybridized carbons (Fsp3) is 0.500. The maximum atomic E-state index is 5.45. The predicted octanol–water partition coefficient (Wildman–Crippen LogP) is 3.36. The third-order valence-corrected chi connectivity index (χ3v) is 5.21. The van der Waals surface area contributed by atoms with Gasteiger partial charge in [0.2, 0.25) is 0 Å². The lowest BCUT2D eigenvalue weighted by atomic mass is 10.1. The van der Waals surface area contributed by atoms with Gasteiger partial charge in [0.1, 0.15) is 5.75 Å². The van der Waals surface area contributed by atoms with Gasteiger partial charge in [-0.05, 0) is 38.3 Å². The minimum Gasteiger partial charge on any atom is -0.496 e. The zero-order valence-corrected chi connectivity index (χ0v) is 17.1. The van der Waals surface area contributed by atoms with Crippen molar-refractivity contribution in [2.24, 2.45) is 4.99 Å². The number of hydrogen-bond acceptors (Lipinski definition) is 4. The Balaban J connectivity index is 1.86. The van der Waals surface area contributed by atoms with E-state index >= 15 is 0 Å². The van der Waals surface area contributed by atoms with Crippen LogP contribution in [0.25, 0.3) is 0 Å². The Labute approximate surface area is 160 Å². The first-order valence-corrected chi connectivity index (χ1v) is 10.1. The number of aromatic nitrogens is 1. The SMILES string of the molecule is CCNC(=NCCc1ncc(CC)s1)NCCc1cc(C)ccc1OC. The van der Waals surface area contributed by atoms with E-state index in [2.05, 4.69) is 53.5 Å². The third-order valence-electron chi connectivity index (χ3n) is 4.01. The number of hydrogen-bond donors (Lipinski definition) is 2. The summed E-state index contributed by atoms with van der Waals surface area (Å²) < 4.78 is 5.45. The van der Waals surface area contributed by atoms with Crippen molar-refractivity contribution in [3.05, 3.63) is 45.4 Å². The minimum absolute atomic E-state index is 0.736. The first kappa shape index (κ1) is 20.2. The summed E-state index contributed by atoms with van der Waals surface area (Å²) in [4.78, 5) is 10.5. The number of guanidine groups is 1. The highest BCUT2D eigenvalue weighted by Gasteiger charge is 2.05. The van der Waals surface area contributed by atoms with Crippen molar-refractivity contribution in [2.75, 3.05) is 26.7 Å². The van der Waals surface area contributed by atoms with Crippen molar-refractivity contribution in [3.8, 4) is 5.75 Å². The van der Waals surface area contributed by atoms with Gasteiger partial charge >= 0.3 is 0 Å². The van der Waals surface area contributed by atoms with E-state index < -0.39 is 0 Å². The van der Waals surface area contributed by atoms with E-state index in [1.165, 1.54) is 16.0 Å². The van der Waals surface area contributed by atoms with Crippen LogP contribution in [0, 0.1) is 6.92 Å². The third kappa shape index (κ3) is 6.33. The molecule has 0 amide bonds. The molecular formula is C20H30N4OS. The molecule has 26 heavy (non-hydrogen) atoms. The Kier molecular flexibility index (Phi) is 8.41. The van der Waals surface area contributed by atoms with Crippen LogP contribution in [0.5, 0.6) is 5.75 Å². The highest BCUT2D eigenvalue weighted by Crippen LogP contribution is 2.19. The van der Waals surface area contributed by atoms with Gasteiger partial charge in [-0.3, -0.25) is 4.99 Å². The molecule has 0 bridgehead atoms. The monoisotopic (exact) mass is 374 g/mol. The zero-order valence-electron chi connectivity index (χ0n) is 16.3. The summed E-state index contributed by atoms with van der Waals surface area (Å²) >= 11 is 1.78. The van der Waals surface area contributed by atoms with E-state index in [4.69, 9.17) is 4.74 Å². The highest BCUT2D eigenvalue weighted by molar-refractivity contribution is 7.11. The van der Waals surface area contributed by atoms with E-state index in [1.54, 1.807) is 18.4 Å². The molecule has 0 aliphatic rings. The molecule has 0 aliphatic heterocycles. The molecule has 0 spiro atoms. The number of aryl methyl sites for hydroxylation is 2. The predicted molar refractivity (Wildman–Crippen MR) is 111 cm³/mol. The maximum Gasteiger partial charge on any atom is 0.191 e. The molecule has 2 aromatic rings. The Morgan fingerprint density at radius 1 is 1.23 bits per heavy atom. The van der Waals surface area contributed by atoms with Crippen molar-refractivity contribution in [1.29, 1.82) is 0 Å². The standard InChI is InChI=1S/C20H30N4OS/c1-5-17-14-24-19(26-17)10-12-23-20(21-6-2)22-11-9-16-13-15(3)7-8-18(16)25-4/h7-8,13-14H,5-6,9-12H2,1-4H3,(H2,21,22,23). The number of rotatable bonds is 9. The topological polar surface area (TPSA) is 58.5 Å². The molecular weight excluding hydrogens is 344 g/mol. The van der Waals surface area contributed by atoms with Crippen molar-refractivity contribution in [1.82, 2.24) is 15.6 Å². The second-order valence-corrected chi connectivity index (χ2v) is 7.28. The van der Waals surface area contributed by atoms with E-state index in [0.717, 1.165) is 55.6 Å². The molecule has 0 fully saturated rings. The first-order valence-electron chi connectivity index (χ1n) is 9.25. The maximum absolute atomic E-state index is 5.45. The van der Waals surface area contributed by atoms with Crippen LogP contribution < -0.4 is 15.4 Å². The summed E-state index contributed by atoms with van der Waals surface area (Å²) in [5.41, 5.74) is 2.46. The first-order chi connectivity index (χ1) is 12.7. The van der Waals surface area contributed by atoms with E-state index in [-0.39, 0.29) is 0 Å². The molecule has 1 heterocycles. The van der Waals surface area contributed by atoms with Crippen LogP contribution in [0.1, 0.15) is 34.9 Å². The molecule has 2 rings (SSSR count). The highest BCUT2D eigenvalue weighted by atomic mass is 32.1. The van der Waals surface area contributed by atoms with Crippen LogP contribution in [0.15, 0.2) is 29.4 Å². The van der Waals surface area contributed by atoms with Gasteiger partial charge in [0.05, 0.1) is 12.1 Å². The molecule has 0 saturated carbocycles. The van der Waals surface area contributed by atoms with Gasteiger partial charge < -0.3 is 15.4 Å². The van der Waals surface area contributed by atoms with E-state index in [9.17, 15) is 0 Å². The molecule has 0 unspecified atom stereocenters. The minimum atomic E-state index is 0.736. The number of ether oxygens (including phenoxy) is 1. The Morgan fingerprint density at radius 2 is 2.08 bits per heavy atom. The Bertz CT molecular complexity index is 712. The molecule has 2 N–H and O–H groups in total. The molecule has 142 valence electrons. The van der Waals surface area contributed by atoms with Crippen LogP contribution in [-0.4, -0.2) is 37.7 Å². The summed E-state index contributed by atoms with van der Waals surface area (Å²) in [5.74, 6) is 1.79. The average molecular weight is 375 g/mol.